The van der Waals surface area contributed by atoms with Crippen LogP contribution in [-0.2, 0) is 11.3 Å². The van der Waals surface area contributed by atoms with Crippen LogP contribution in [0.3, 0.4) is 0 Å². The molecule has 1 N–H and O–H groups in total. The van der Waals surface area contributed by atoms with Crippen molar-refractivity contribution in [1.82, 2.24) is 20.1 Å². The lowest BCUT2D eigenvalue weighted by Crippen LogP contribution is -2.30. The molecule has 1 atom stereocenters. The molecular weight excluding hydrogens is 400 g/mol. The Labute approximate surface area is 171 Å². The van der Waals surface area contributed by atoms with Crippen molar-refractivity contribution in [2.75, 3.05) is 0 Å². The molecule has 1 saturated carbocycles. The Morgan fingerprint density at radius 2 is 2.15 bits per heavy atom. The Morgan fingerprint density at radius 3 is 2.85 bits per heavy atom. The largest absolute Gasteiger partial charge is 0.351 e. The van der Waals surface area contributed by atoms with E-state index in [0.29, 0.717) is 17.6 Å². The topological polar surface area (TPSA) is 59.8 Å². The van der Waals surface area contributed by atoms with Crippen molar-refractivity contribution in [2.45, 2.75) is 42.8 Å². The van der Waals surface area contributed by atoms with Crippen molar-refractivity contribution in [3.63, 3.8) is 0 Å². The summed E-state index contributed by atoms with van der Waals surface area (Å²) in [7, 11) is 0. The SMILES string of the molecule is CC(Sc1nnc(-c2cccs2)n1C1CC1)C(=O)NCc1ccccc1Cl. The smallest absolute Gasteiger partial charge is 0.233 e. The Hall–Kier alpha value is -1.83. The molecule has 27 heavy (non-hydrogen) atoms. The second-order valence-electron chi connectivity index (χ2n) is 6.45. The Balaban J connectivity index is 1.44. The zero-order valence-corrected chi connectivity index (χ0v) is 17.2. The highest BCUT2D eigenvalue weighted by molar-refractivity contribution is 8.00. The molecule has 5 nitrogen and oxygen atoms in total. The second-order valence-corrected chi connectivity index (χ2v) is 9.12. The monoisotopic (exact) mass is 418 g/mol. The van der Waals surface area contributed by atoms with Gasteiger partial charge in [-0.1, -0.05) is 47.6 Å². The highest BCUT2D eigenvalue weighted by Crippen LogP contribution is 2.42. The van der Waals surface area contributed by atoms with Gasteiger partial charge >= 0.3 is 0 Å². The summed E-state index contributed by atoms with van der Waals surface area (Å²) in [5, 5.41) is 15.0. The molecule has 0 aliphatic heterocycles. The molecule has 8 heteroatoms. The van der Waals surface area contributed by atoms with Gasteiger partial charge in [-0.3, -0.25) is 9.36 Å². The van der Waals surface area contributed by atoms with E-state index < -0.39 is 0 Å². The first-order valence-corrected chi connectivity index (χ1v) is 10.9. The molecular formula is C19H19ClN4OS2. The van der Waals surface area contributed by atoms with Crippen molar-refractivity contribution in [3.8, 4) is 10.7 Å². The van der Waals surface area contributed by atoms with E-state index in [9.17, 15) is 4.79 Å². The quantitative estimate of drug-likeness (QED) is 0.560. The molecule has 0 saturated heterocycles. The van der Waals surface area contributed by atoms with Crippen LogP contribution in [-0.4, -0.2) is 25.9 Å². The van der Waals surface area contributed by atoms with Crippen LogP contribution in [0, 0.1) is 0 Å². The number of hydrogen-bond acceptors (Lipinski definition) is 5. The summed E-state index contributed by atoms with van der Waals surface area (Å²) in [5.41, 5.74) is 0.908. The van der Waals surface area contributed by atoms with Crippen molar-refractivity contribution in [1.29, 1.82) is 0 Å². The normalized spacial score (nSPS) is 14.9. The van der Waals surface area contributed by atoms with Gasteiger partial charge in [-0.05, 0) is 42.8 Å². The summed E-state index contributed by atoms with van der Waals surface area (Å²) in [5.74, 6) is 0.863. The molecule has 0 bridgehead atoms. The van der Waals surface area contributed by atoms with Crippen LogP contribution in [0.1, 0.15) is 31.4 Å². The van der Waals surface area contributed by atoms with E-state index in [2.05, 4.69) is 26.1 Å². The summed E-state index contributed by atoms with van der Waals surface area (Å²) < 4.78 is 2.19. The molecule has 2 aromatic heterocycles. The van der Waals surface area contributed by atoms with Crippen molar-refractivity contribution < 1.29 is 4.79 Å². The molecule has 1 fully saturated rings. The third kappa shape index (κ3) is 4.20. The Kier molecular flexibility index (Phi) is 5.52. The maximum Gasteiger partial charge on any atom is 0.233 e. The molecule has 1 aromatic carbocycles. The maximum absolute atomic E-state index is 12.5. The van der Waals surface area contributed by atoms with Crippen molar-refractivity contribution >= 4 is 40.6 Å². The maximum atomic E-state index is 12.5. The minimum atomic E-state index is -0.273. The van der Waals surface area contributed by atoms with Gasteiger partial charge in [0.15, 0.2) is 11.0 Å². The number of nitrogens with one attached hydrogen (secondary N) is 1. The summed E-state index contributed by atoms with van der Waals surface area (Å²) >= 11 is 9.26. The second kappa shape index (κ2) is 8.04. The van der Waals surface area contributed by atoms with E-state index in [1.165, 1.54) is 11.8 Å². The highest BCUT2D eigenvalue weighted by atomic mass is 35.5. The average Bonchev–Trinajstić information content (AvgIpc) is 3.19. The molecule has 0 spiro atoms. The molecule has 4 rings (SSSR count). The first-order chi connectivity index (χ1) is 13.1. The van der Waals surface area contributed by atoms with E-state index >= 15 is 0 Å². The van der Waals surface area contributed by atoms with Crippen LogP contribution in [0.25, 0.3) is 10.7 Å². The van der Waals surface area contributed by atoms with E-state index in [-0.39, 0.29) is 11.2 Å². The number of amides is 1. The number of halogens is 1. The predicted octanol–water partition coefficient (Wildman–Crippen LogP) is 4.79. The van der Waals surface area contributed by atoms with Crippen LogP contribution in [0.4, 0.5) is 0 Å². The average molecular weight is 419 g/mol. The van der Waals surface area contributed by atoms with Crippen LogP contribution in [0.15, 0.2) is 46.9 Å². The fourth-order valence-corrected chi connectivity index (χ4v) is 4.62. The lowest BCUT2D eigenvalue weighted by Gasteiger charge is -2.13. The minimum Gasteiger partial charge on any atom is -0.351 e. The summed E-state index contributed by atoms with van der Waals surface area (Å²) in [6.07, 6.45) is 2.27. The Bertz CT molecular complexity index is 937. The van der Waals surface area contributed by atoms with Crippen LogP contribution in [0.2, 0.25) is 5.02 Å². The number of hydrogen-bond donors (Lipinski definition) is 1. The fourth-order valence-electron chi connectivity index (χ4n) is 2.77. The molecule has 140 valence electrons. The Morgan fingerprint density at radius 1 is 1.33 bits per heavy atom. The third-order valence-electron chi connectivity index (χ3n) is 4.38. The number of carbonyl (C=O) groups excluding carboxylic acids is 1. The highest BCUT2D eigenvalue weighted by Gasteiger charge is 2.31. The van der Waals surface area contributed by atoms with Gasteiger partial charge < -0.3 is 5.32 Å². The van der Waals surface area contributed by atoms with Gasteiger partial charge in [0.2, 0.25) is 5.91 Å². The number of carbonyl (C=O) groups is 1. The molecule has 0 radical (unpaired) electrons. The molecule has 1 aliphatic rings. The van der Waals surface area contributed by atoms with Crippen molar-refractivity contribution in [2.24, 2.45) is 0 Å². The van der Waals surface area contributed by atoms with Gasteiger partial charge in [0.25, 0.3) is 0 Å². The van der Waals surface area contributed by atoms with E-state index in [1.807, 2.05) is 42.6 Å². The molecule has 1 amide bonds. The number of aromatic nitrogens is 3. The van der Waals surface area contributed by atoms with E-state index in [0.717, 1.165) is 34.3 Å². The number of benzene rings is 1. The summed E-state index contributed by atoms with van der Waals surface area (Å²) in [6.45, 7) is 2.31. The number of rotatable bonds is 7. The van der Waals surface area contributed by atoms with Crippen molar-refractivity contribution in [3.05, 3.63) is 52.4 Å². The first kappa shape index (κ1) is 18.5. The predicted molar refractivity (Wildman–Crippen MR) is 110 cm³/mol. The fraction of sp³-hybridized carbons (Fsp3) is 0.316. The first-order valence-electron chi connectivity index (χ1n) is 8.80. The number of nitrogens with zero attached hydrogens (tertiary/aromatic N) is 3. The lowest BCUT2D eigenvalue weighted by atomic mass is 10.2. The number of thiophene rings is 1. The summed E-state index contributed by atoms with van der Waals surface area (Å²) in [4.78, 5) is 13.6. The standard InChI is InChI=1S/C19H19ClN4OS2/c1-12(18(25)21-11-13-5-2-3-6-15(13)20)27-19-23-22-17(16-7-4-10-26-16)24(19)14-8-9-14/h2-7,10,12,14H,8-9,11H2,1H3,(H,21,25). The van der Waals surface area contributed by atoms with Gasteiger partial charge in [-0.25, -0.2) is 0 Å². The van der Waals surface area contributed by atoms with Gasteiger partial charge in [0.05, 0.1) is 10.1 Å². The van der Waals surface area contributed by atoms with E-state index in [4.69, 9.17) is 11.6 Å². The van der Waals surface area contributed by atoms with Crippen LogP contribution in [0.5, 0.6) is 0 Å². The zero-order valence-electron chi connectivity index (χ0n) is 14.8. The zero-order chi connectivity index (χ0) is 18.8. The van der Waals surface area contributed by atoms with E-state index in [1.54, 1.807) is 11.3 Å². The van der Waals surface area contributed by atoms with Crippen LogP contribution < -0.4 is 5.32 Å². The van der Waals surface area contributed by atoms with Gasteiger partial charge in [0.1, 0.15) is 0 Å². The lowest BCUT2D eigenvalue weighted by molar-refractivity contribution is -0.120. The molecule has 3 aromatic rings. The number of thioether (sulfide) groups is 1. The minimum absolute atomic E-state index is 0.0389. The van der Waals surface area contributed by atoms with Gasteiger partial charge in [0, 0.05) is 17.6 Å². The van der Waals surface area contributed by atoms with Gasteiger partial charge in [-0.15, -0.1) is 21.5 Å². The molecule has 1 aliphatic carbocycles. The van der Waals surface area contributed by atoms with Crippen LogP contribution >= 0.6 is 34.7 Å². The van der Waals surface area contributed by atoms with Gasteiger partial charge in [-0.2, -0.15) is 0 Å². The molecule has 1 unspecified atom stereocenters. The summed E-state index contributed by atoms with van der Waals surface area (Å²) in [6, 6.07) is 12.0. The third-order valence-corrected chi connectivity index (χ3v) is 6.67. The molecule has 2 heterocycles.